The van der Waals surface area contributed by atoms with E-state index in [0.29, 0.717) is 0 Å². The first-order chi connectivity index (χ1) is 4.13. The summed E-state index contributed by atoms with van der Waals surface area (Å²) in [5, 5.41) is 0. The number of hydrogen-bond acceptors (Lipinski definition) is 1. The highest BCUT2D eigenvalue weighted by Crippen LogP contribution is 2.03. The van der Waals surface area contributed by atoms with Crippen molar-refractivity contribution in [3.05, 3.63) is 6.10 Å². The molecule has 0 N–H and O–H groups in total. The summed E-state index contributed by atoms with van der Waals surface area (Å²) in [4.78, 5) is 0. The first kappa shape index (κ1) is 8.96. The minimum Gasteiger partial charge on any atom is -0.373 e. The zero-order valence-electron chi connectivity index (χ0n) is 6.90. The van der Waals surface area contributed by atoms with Crippen LogP contribution in [0.1, 0.15) is 34.1 Å². The Labute approximate surface area is 58.4 Å². The maximum absolute atomic E-state index is 5.27. The van der Waals surface area contributed by atoms with Gasteiger partial charge in [0, 0.05) is 6.61 Å². The van der Waals surface area contributed by atoms with E-state index in [0.717, 1.165) is 25.0 Å². The molecule has 0 rings (SSSR count). The molecule has 1 radical (unpaired) electrons. The van der Waals surface area contributed by atoms with Crippen LogP contribution >= 0.6 is 0 Å². The summed E-state index contributed by atoms with van der Waals surface area (Å²) in [5.74, 6) is 0.754. The summed E-state index contributed by atoms with van der Waals surface area (Å²) < 4.78 is 5.27. The zero-order valence-corrected chi connectivity index (χ0v) is 6.90. The van der Waals surface area contributed by atoms with Gasteiger partial charge in [0.05, 0.1) is 6.10 Å². The Morgan fingerprint density at radius 1 is 1.33 bits per heavy atom. The molecule has 0 spiro atoms. The fourth-order valence-corrected chi connectivity index (χ4v) is 0.499. The Kier molecular flexibility index (Phi) is 4.78. The van der Waals surface area contributed by atoms with E-state index in [4.69, 9.17) is 4.74 Å². The van der Waals surface area contributed by atoms with Crippen LogP contribution < -0.4 is 0 Å². The molecule has 0 aromatic heterocycles. The van der Waals surface area contributed by atoms with Gasteiger partial charge in [-0.15, -0.1) is 0 Å². The zero-order chi connectivity index (χ0) is 7.28. The quantitative estimate of drug-likeness (QED) is 0.567. The third-order valence-corrected chi connectivity index (χ3v) is 1.09. The van der Waals surface area contributed by atoms with Gasteiger partial charge in [-0.2, -0.15) is 0 Å². The van der Waals surface area contributed by atoms with E-state index in [9.17, 15) is 0 Å². The number of rotatable bonds is 4. The Balaban J connectivity index is 2.91. The summed E-state index contributed by atoms with van der Waals surface area (Å²) in [6.45, 7) is 9.25. The van der Waals surface area contributed by atoms with Crippen molar-refractivity contribution in [2.75, 3.05) is 6.61 Å². The van der Waals surface area contributed by atoms with E-state index in [-0.39, 0.29) is 0 Å². The van der Waals surface area contributed by atoms with Gasteiger partial charge in [0.1, 0.15) is 0 Å². The molecule has 0 aliphatic rings. The maximum Gasteiger partial charge on any atom is 0.0909 e. The van der Waals surface area contributed by atoms with Crippen LogP contribution in [-0.4, -0.2) is 6.61 Å². The largest absolute Gasteiger partial charge is 0.373 e. The lowest BCUT2D eigenvalue weighted by molar-refractivity contribution is 0.144. The van der Waals surface area contributed by atoms with E-state index in [1.54, 1.807) is 0 Å². The first-order valence-electron chi connectivity index (χ1n) is 3.56. The van der Waals surface area contributed by atoms with E-state index < -0.39 is 0 Å². The average molecular weight is 129 g/mol. The summed E-state index contributed by atoms with van der Waals surface area (Å²) in [6.07, 6.45) is 2.22. The van der Waals surface area contributed by atoms with Crippen LogP contribution in [0.15, 0.2) is 0 Å². The average Bonchev–Trinajstić information content (AvgIpc) is 1.63. The Morgan fingerprint density at radius 3 is 2.22 bits per heavy atom. The van der Waals surface area contributed by atoms with Gasteiger partial charge < -0.3 is 4.74 Å². The van der Waals surface area contributed by atoms with E-state index in [1.165, 1.54) is 0 Å². The lowest BCUT2D eigenvalue weighted by atomic mass is 10.1. The second-order valence-electron chi connectivity index (χ2n) is 2.94. The molecule has 0 fully saturated rings. The molecule has 0 amide bonds. The van der Waals surface area contributed by atoms with E-state index >= 15 is 0 Å². The molecule has 0 heterocycles. The molecule has 0 bridgehead atoms. The maximum atomic E-state index is 5.27. The van der Waals surface area contributed by atoms with Crippen LogP contribution in [-0.2, 0) is 4.74 Å². The van der Waals surface area contributed by atoms with Gasteiger partial charge >= 0.3 is 0 Å². The van der Waals surface area contributed by atoms with Crippen molar-refractivity contribution in [3.8, 4) is 0 Å². The summed E-state index contributed by atoms with van der Waals surface area (Å²) >= 11 is 0. The summed E-state index contributed by atoms with van der Waals surface area (Å²) in [5.41, 5.74) is 0. The normalized spacial score (nSPS) is 11.3. The molecule has 0 aromatic carbocycles. The van der Waals surface area contributed by atoms with Crippen LogP contribution in [0.2, 0.25) is 0 Å². The highest BCUT2D eigenvalue weighted by Gasteiger charge is 1.95. The van der Waals surface area contributed by atoms with Crippen LogP contribution in [0.4, 0.5) is 0 Å². The van der Waals surface area contributed by atoms with Gasteiger partial charge in [-0.05, 0) is 26.2 Å². The smallest absolute Gasteiger partial charge is 0.0909 e. The highest BCUT2D eigenvalue weighted by atomic mass is 16.5. The van der Waals surface area contributed by atoms with Gasteiger partial charge in [0.25, 0.3) is 0 Å². The lowest BCUT2D eigenvalue weighted by Crippen LogP contribution is -1.99. The predicted molar refractivity (Wildman–Crippen MR) is 40.0 cm³/mol. The third kappa shape index (κ3) is 7.96. The van der Waals surface area contributed by atoms with Gasteiger partial charge in [-0.1, -0.05) is 13.8 Å². The van der Waals surface area contributed by atoms with Crippen LogP contribution in [0.25, 0.3) is 0 Å². The number of hydrogen-bond donors (Lipinski definition) is 0. The molecule has 1 nitrogen and oxygen atoms in total. The second-order valence-corrected chi connectivity index (χ2v) is 2.94. The predicted octanol–water partition coefficient (Wildman–Crippen LogP) is 2.62. The van der Waals surface area contributed by atoms with Gasteiger partial charge in [-0.3, -0.25) is 0 Å². The molecule has 1 heteroatoms. The van der Waals surface area contributed by atoms with Crippen LogP contribution in [0, 0.1) is 12.0 Å². The molecular formula is C8H17O. The van der Waals surface area contributed by atoms with Crippen molar-refractivity contribution in [1.82, 2.24) is 0 Å². The Hall–Kier alpha value is -0.0400. The molecule has 0 unspecified atom stereocenters. The van der Waals surface area contributed by atoms with Crippen molar-refractivity contribution in [2.24, 2.45) is 5.92 Å². The molecule has 55 valence electrons. The standard InChI is InChI=1S/C8H17O/c1-7(2)5-6-9-8(3)4/h7H,5-6H2,1-4H3. The minimum absolute atomic E-state index is 0.754. The third-order valence-electron chi connectivity index (χ3n) is 1.09. The van der Waals surface area contributed by atoms with Gasteiger partial charge in [-0.25, -0.2) is 0 Å². The van der Waals surface area contributed by atoms with Gasteiger partial charge in [0.15, 0.2) is 0 Å². The molecule has 0 saturated heterocycles. The molecule has 0 saturated carbocycles. The lowest BCUT2D eigenvalue weighted by Gasteiger charge is -2.07. The van der Waals surface area contributed by atoms with Crippen LogP contribution in [0.3, 0.4) is 0 Å². The fourth-order valence-electron chi connectivity index (χ4n) is 0.499. The van der Waals surface area contributed by atoms with Crippen molar-refractivity contribution in [1.29, 1.82) is 0 Å². The minimum atomic E-state index is 0.754. The Bertz CT molecular complexity index is 49.6. The molecule has 0 aliphatic carbocycles. The molecule has 0 aromatic rings. The van der Waals surface area contributed by atoms with Gasteiger partial charge in [0.2, 0.25) is 0 Å². The molecular weight excluding hydrogens is 112 g/mol. The molecule has 0 aliphatic heterocycles. The van der Waals surface area contributed by atoms with E-state index in [2.05, 4.69) is 13.8 Å². The van der Waals surface area contributed by atoms with Crippen molar-refractivity contribution < 1.29 is 4.74 Å². The summed E-state index contributed by atoms with van der Waals surface area (Å²) in [7, 11) is 0. The topological polar surface area (TPSA) is 9.23 Å². The number of ether oxygens (including phenoxy) is 1. The highest BCUT2D eigenvalue weighted by molar-refractivity contribution is 4.60. The monoisotopic (exact) mass is 129 g/mol. The van der Waals surface area contributed by atoms with Crippen LogP contribution in [0.5, 0.6) is 0 Å². The second kappa shape index (κ2) is 4.80. The summed E-state index contributed by atoms with van der Waals surface area (Å²) in [6, 6.07) is 0. The molecule has 0 atom stereocenters. The fraction of sp³-hybridized carbons (Fsp3) is 0.875. The van der Waals surface area contributed by atoms with E-state index in [1.807, 2.05) is 13.8 Å². The molecule has 9 heavy (non-hydrogen) atoms. The van der Waals surface area contributed by atoms with Crippen molar-refractivity contribution >= 4 is 0 Å². The first-order valence-corrected chi connectivity index (χ1v) is 3.56. The van der Waals surface area contributed by atoms with Crippen molar-refractivity contribution in [2.45, 2.75) is 34.1 Å². The SMILES string of the molecule is C[C](C)OCCC(C)C. The van der Waals surface area contributed by atoms with Crippen molar-refractivity contribution in [3.63, 3.8) is 0 Å². The Morgan fingerprint density at radius 2 is 1.89 bits per heavy atom.